The highest BCUT2D eigenvalue weighted by Gasteiger charge is 2.35. The first-order valence-corrected chi connectivity index (χ1v) is 6.88. The van der Waals surface area contributed by atoms with Crippen molar-refractivity contribution in [3.8, 4) is 0 Å². The molecule has 1 unspecified atom stereocenters. The molecule has 1 fully saturated rings. The second kappa shape index (κ2) is 5.85. The summed E-state index contributed by atoms with van der Waals surface area (Å²) in [5.41, 5.74) is -0.889. The third-order valence-corrected chi connectivity index (χ3v) is 3.38. The van der Waals surface area contributed by atoms with Crippen LogP contribution in [0.1, 0.15) is 38.8 Å². The number of aromatic nitrogens is 2. The van der Waals surface area contributed by atoms with E-state index in [2.05, 4.69) is 15.3 Å². The fraction of sp³-hybridized carbons (Fsp3) is 0.692. The summed E-state index contributed by atoms with van der Waals surface area (Å²) in [4.78, 5) is 9.70. The molecule has 1 aliphatic heterocycles. The number of rotatable bonds is 4. The summed E-state index contributed by atoms with van der Waals surface area (Å²) in [6.45, 7) is 5.23. The maximum Gasteiger partial charge on any atom is 0.433 e. The van der Waals surface area contributed by atoms with E-state index in [4.69, 9.17) is 0 Å². The van der Waals surface area contributed by atoms with E-state index in [-0.39, 0.29) is 12.0 Å². The van der Waals surface area contributed by atoms with Crippen LogP contribution in [0, 0.1) is 0 Å². The lowest BCUT2D eigenvalue weighted by molar-refractivity contribution is -0.141. The molecule has 1 aliphatic rings. The van der Waals surface area contributed by atoms with E-state index in [1.807, 2.05) is 18.7 Å². The highest BCUT2D eigenvalue weighted by Crippen LogP contribution is 2.32. The van der Waals surface area contributed by atoms with E-state index >= 15 is 0 Å². The lowest BCUT2D eigenvalue weighted by Crippen LogP contribution is -2.28. The summed E-state index contributed by atoms with van der Waals surface area (Å²) in [7, 11) is 0. The van der Waals surface area contributed by atoms with Gasteiger partial charge >= 0.3 is 6.18 Å². The fourth-order valence-electron chi connectivity index (χ4n) is 2.32. The Morgan fingerprint density at radius 3 is 2.70 bits per heavy atom. The van der Waals surface area contributed by atoms with E-state index in [9.17, 15) is 13.2 Å². The van der Waals surface area contributed by atoms with Gasteiger partial charge in [0.25, 0.3) is 0 Å². The SMILES string of the molecule is CCCNc1nc(N2CCCC2C)cc(C(F)(F)F)n1. The molecule has 0 bridgehead atoms. The van der Waals surface area contributed by atoms with Gasteiger partial charge in [0.05, 0.1) is 0 Å². The predicted octanol–water partition coefficient (Wildman–Crippen LogP) is 3.31. The van der Waals surface area contributed by atoms with Crippen LogP contribution in [0.15, 0.2) is 6.07 Å². The number of halogens is 3. The van der Waals surface area contributed by atoms with Crippen molar-refractivity contribution in [2.45, 2.75) is 45.3 Å². The minimum Gasteiger partial charge on any atom is -0.354 e. The minimum atomic E-state index is -4.46. The highest BCUT2D eigenvalue weighted by molar-refractivity contribution is 5.47. The highest BCUT2D eigenvalue weighted by atomic mass is 19.4. The van der Waals surface area contributed by atoms with E-state index in [0.29, 0.717) is 12.4 Å². The zero-order chi connectivity index (χ0) is 14.8. The Kier molecular flexibility index (Phi) is 4.35. The Balaban J connectivity index is 2.34. The number of hydrogen-bond acceptors (Lipinski definition) is 4. The van der Waals surface area contributed by atoms with Gasteiger partial charge in [-0.2, -0.15) is 18.2 Å². The average molecular weight is 288 g/mol. The van der Waals surface area contributed by atoms with Gasteiger partial charge in [0.15, 0.2) is 5.69 Å². The molecule has 2 heterocycles. The van der Waals surface area contributed by atoms with Crippen LogP contribution in [0.2, 0.25) is 0 Å². The van der Waals surface area contributed by atoms with Crippen molar-refractivity contribution in [1.29, 1.82) is 0 Å². The van der Waals surface area contributed by atoms with Crippen LogP contribution < -0.4 is 10.2 Å². The maximum atomic E-state index is 12.9. The summed E-state index contributed by atoms with van der Waals surface area (Å²) in [6, 6.07) is 1.25. The van der Waals surface area contributed by atoms with Crippen LogP contribution in [-0.4, -0.2) is 29.1 Å². The molecule has 7 heteroatoms. The van der Waals surface area contributed by atoms with Crippen molar-refractivity contribution in [3.05, 3.63) is 11.8 Å². The summed E-state index contributed by atoms with van der Waals surface area (Å²) in [6.07, 6.45) is -1.70. The van der Waals surface area contributed by atoms with Gasteiger partial charge in [0.1, 0.15) is 5.82 Å². The molecule has 0 radical (unpaired) electrons. The molecular formula is C13H19F3N4. The minimum absolute atomic E-state index is 0.0516. The van der Waals surface area contributed by atoms with E-state index in [1.165, 1.54) is 0 Å². The van der Waals surface area contributed by atoms with E-state index in [1.54, 1.807) is 0 Å². The first-order valence-electron chi connectivity index (χ1n) is 6.88. The molecule has 4 nitrogen and oxygen atoms in total. The van der Waals surface area contributed by atoms with Crippen LogP contribution >= 0.6 is 0 Å². The van der Waals surface area contributed by atoms with Crippen molar-refractivity contribution < 1.29 is 13.2 Å². The van der Waals surface area contributed by atoms with Gasteiger partial charge in [0, 0.05) is 25.2 Å². The number of anilines is 2. The van der Waals surface area contributed by atoms with Gasteiger partial charge < -0.3 is 10.2 Å². The van der Waals surface area contributed by atoms with Gasteiger partial charge in [-0.1, -0.05) is 6.92 Å². The normalized spacial score (nSPS) is 19.4. The largest absolute Gasteiger partial charge is 0.433 e. The zero-order valence-electron chi connectivity index (χ0n) is 11.7. The standard InChI is InChI=1S/C13H19F3N4/c1-3-6-17-12-18-10(13(14,15)16)8-11(19-12)20-7-4-5-9(20)2/h8-9H,3-7H2,1-2H3,(H,17,18,19). The Morgan fingerprint density at radius 1 is 1.40 bits per heavy atom. The molecule has 0 amide bonds. The van der Waals surface area contributed by atoms with E-state index in [0.717, 1.165) is 31.9 Å². The molecule has 1 aromatic heterocycles. The van der Waals surface area contributed by atoms with Crippen molar-refractivity contribution >= 4 is 11.8 Å². The number of nitrogens with one attached hydrogen (secondary N) is 1. The average Bonchev–Trinajstić information content (AvgIpc) is 2.81. The number of alkyl halides is 3. The maximum absolute atomic E-state index is 12.9. The monoisotopic (exact) mass is 288 g/mol. The molecule has 0 aliphatic carbocycles. The molecule has 112 valence electrons. The van der Waals surface area contributed by atoms with Crippen LogP contribution in [0.25, 0.3) is 0 Å². The topological polar surface area (TPSA) is 41.1 Å². The summed E-state index contributed by atoms with van der Waals surface area (Å²) in [5.74, 6) is 0.409. The van der Waals surface area contributed by atoms with Gasteiger partial charge in [-0.25, -0.2) is 4.98 Å². The number of hydrogen-bond donors (Lipinski definition) is 1. The van der Waals surface area contributed by atoms with Crippen LogP contribution in [0.5, 0.6) is 0 Å². The Hall–Kier alpha value is -1.53. The molecule has 1 atom stereocenters. The first kappa shape index (κ1) is 14.9. The Morgan fingerprint density at radius 2 is 2.15 bits per heavy atom. The molecular weight excluding hydrogens is 269 g/mol. The molecule has 1 N–H and O–H groups in total. The molecule has 0 spiro atoms. The van der Waals surface area contributed by atoms with Crippen molar-refractivity contribution in [2.24, 2.45) is 0 Å². The van der Waals surface area contributed by atoms with Crippen molar-refractivity contribution in [1.82, 2.24) is 9.97 Å². The molecule has 1 saturated heterocycles. The quantitative estimate of drug-likeness (QED) is 0.923. The Bertz CT molecular complexity index is 461. The van der Waals surface area contributed by atoms with E-state index < -0.39 is 11.9 Å². The van der Waals surface area contributed by atoms with Gasteiger partial charge in [0.2, 0.25) is 5.95 Å². The molecule has 0 saturated carbocycles. The molecule has 20 heavy (non-hydrogen) atoms. The lowest BCUT2D eigenvalue weighted by atomic mass is 10.2. The fourth-order valence-corrected chi connectivity index (χ4v) is 2.32. The lowest BCUT2D eigenvalue weighted by Gasteiger charge is -2.23. The third-order valence-electron chi connectivity index (χ3n) is 3.38. The van der Waals surface area contributed by atoms with Crippen LogP contribution in [-0.2, 0) is 6.18 Å². The van der Waals surface area contributed by atoms with Crippen LogP contribution in [0.4, 0.5) is 24.9 Å². The predicted molar refractivity (Wildman–Crippen MR) is 71.9 cm³/mol. The van der Waals surface area contributed by atoms with Crippen LogP contribution in [0.3, 0.4) is 0 Å². The van der Waals surface area contributed by atoms with Gasteiger partial charge in [-0.3, -0.25) is 0 Å². The third kappa shape index (κ3) is 3.32. The van der Waals surface area contributed by atoms with Gasteiger partial charge in [-0.05, 0) is 26.2 Å². The molecule has 2 rings (SSSR count). The molecule has 1 aromatic rings. The molecule has 0 aromatic carbocycles. The van der Waals surface area contributed by atoms with Gasteiger partial charge in [-0.15, -0.1) is 0 Å². The summed E-state index contributed by atoms with van der Waals surface area (Å²) in [5, 5.41) is 2.84. The summed E-state index contributed by atoms with van der Waals surface area (Å²) >= 11 is 0. The number of nitrogens with zero attached hydrogens (tertiary/aromatic N) is 3. The van der Waals surface area contributed by atoms with Crippen molar-refractivity contribution in [3.63, 3.8) is 0 Å². The second-order valence-electron chi connectivity index (χ2n) is 5.04. The Labute approximate surface area is 116 Å². The zero-order valence-corrected chi connectivity index (χ0v) is 11.7. The van der Waals surface area contributed by atoms with Crippen molar-refractivity contribution in [2.75, 3.05) is 23.3 Å². The second-order valence-corrected chi connectivity index (χ2v) is 5.04. The first-order chi connectivity index (χ1) is 9.41. The smallest absolute Gasteiger partial charge is 0.354 e. The summed E-state index contributed by atoms with van der Waals surface area (Å²) < 4.78 is 38.8.